The Kier molecular flexibility index (Phi) is 1.99. The van der Waals surface area contributed by atoms with E-state index in [1.165, 1.54) is 0 Å². The van der Waals surface area contributed by atoms with Gasteiger partial charge in [0.15, 0.2) is 5.65 Å². The number of fused-ring (bicyclic) bond motifs is 1. The summed E-state index contributed by atoms with van der Waals surface area (Å²) in [6.45, 7) is 0. The lowest BCUT2D eigenvalue weighted by atomic mass is 10.6. The van der Waals surface area contributed by atoms with Crippen LogP contribution in [-0.4, -0.2) is 27.0 Å². The molecule has 0 spiro atoms. The van der Waals surface area contributed by atoms with Crippen molar-refractivity contribution in [3.8, 4) is 0 Å². The molecule has 0 aliphatic rings. The van der Waals surface area contributed by atoms with Gasteiger partial charge in [0.1, 0.15) is 5.52 Å². The number of aromatic nitrogens is 4. The molecule has 13 heavy (non-hydrogen) atoms. The second-order valence-corrected chi connectivity index (χ2v) is 2.67. The maximum Gasteiger partial charge on any atom is 0.224 e. The number of anilines is 1. The third-order valence-electron chi connectivity index (χ3n) is 1.45. The predicted molar refractivity (Wildman–Crippen MR) is 49.4 cm³/mol. The minimum atomic E-state index is 0.190. The molecule has 3 N–H and O–H groups in total. The standard InChI is InChI=1S/C6H7ClN6/c1-8-13-6-10-3-2-9-5(7)11-4(3)12-6/h2,8H,1H3,(H2,9,10,11,12,13). The molecule has 0 aliphatic heterocycles. The largest absolute Gasteiger partial charge is 0.320 e. The highest BCUT2D eigenvalue weighted by atomic mass is 35.5. The minimum absolute atomic E-state index is 0.190. The Morgan fingerprint density at radius 3 is 3.08 bits per heavy atom. The van der Waals surface area contributed by atoms with E-state index in [2.05, 4.69) is 30.8 Å². The Hall–Kier alpha value is -1.40. The number of aromatic amines is 1. The summed E-state index contributed by atoms with van der Waals surface area (Å²) >= 11 is 5.59. The average Bonchev–Trinajstić information content (AvgIpc) is 2.46. The number of H-pyrrole nitrogens is 1. The van der Waals surface area contributed by atoms with Gasteiger partial charge in [-0.05, 0) is 11.6 Å². The summed E-state index contributed by atoms with van der Waals surface area (Å²) in [6.07, 6.45) is 1.58. The molecular weight excluding hydrogens is 192 g/mol. The summed E-state index contributed by atoms with van der Waals surface area (Å²) in [5.41, 5.74) is 6.80. The highest BCUT2D eigenvalue weighted by molar-refractivity contribution is 6.28. The normalized spacial score (nSPS) is 10.6. The van der Waals surface area contributed by atoms with E-state index in [0.717, 1.165) is 5.52 Å². The lowest BCUT2D eigenvalue weighted by Crippen LogP contribution is -2.15. The molecule has 0 amide bonds. The van der Waals surface area contributed by atoms with E-state index >= 15 is 0 Å². The maximum atomic E-state index is 5.59. The van der Waals surface area contributed by atoms with Crippen LogP contribution in [0, 0.1) is 0 Å². The zero-order valence-electron chi connectivity index (χ0n) is 6.80. The van der Waals surface area contributed by atoms with Crippen molar-refractivity contribution in [1.29, 1.82) is 0 Å². The molecule has 68 valence electrons. The van der Waals surface area contributed by atoms with Crippen molar-refractivity contribution >= 4 is 28.7 Å². The summed E-state index contributed by atoms with van der Waals surface area (Å²) < 4.78 is 0. The zero-order valence-corrected chi connectivity index (χ0v) is 7.55. The van der Waals surface area contributed by atoms with Crippen molar-refractivity contribution < 1.29 is 0 Å². The van der Waals surface area contributed by atoms with Crippen LogP contribution in [-0.2, 0) is 0 Å². The molecule has 0 radical (unpaired) electrons. The second-order valence-electron chi connectivity index (χ2n) is 2.34. The van der Waals surface area contributed by atoms with Gasteiger partial charge < -0.3 is 4.98 Å². The van der Waals surface area contributed by atoms with Gasteiger partial charge in [0.2, 0.25) is 11.2 Å². The Balaban J connectivity index is 2.49. The van der Waals surface area contributed by atoms with Gasteiger partial charge in [0.05, 0.1) is 6.20 Å². The maximum absolute atomic E-state index is 5.59. The van der Waals surface area contributed by atoms with Gasteiger partial charge in [-0.1, -0.05) is 0 Å². The number of nitrogens with zero attached hydrogens (tertiary/aromatic N) is 3. The van der Waals surface area contributed by atoms with E-state index in [4.69, 9.17) is 11.6 Å². The smallest absolute Gasteiger partial charge is 0.224 e. The molecule has 0 atom stereocenters. The third kappa shape index (κ3) is 1.53. The van der Waals surface area contributed by atoms with Crippen molar-refractivity contribution in [2.45, 2.75) is 0 Å². The van der Waals surface area contributed by atoms with Gasteiger partial charge in [-0.3, -0.25) is 5.43 Å². The van der Waals surface area contributed by atoms with Crippen LogP contribution in [0.4, 0.5) is 5.95 Å². The number of hydrogen-bond acceptors (Lipinski definition) is 5. The van der Waals surface area contributed by atoms with Crippen LogP contribution in [0.25, 0.3) is 11.2 Å². The van der Waals surface area contributed by atoms with Crippen LogP contribution in [0.3, 0.4) is 0 Å². The van der Waals surface area contributed by atoms with Crippen LogP contribution in [0.1, 0.15) is 0 Å². The summed E-state index contributed by atoms with van der Waals surface area (Å²) in [7, 11) is 1.74. The number of imidazole rings is 1. The van der Waals surface area contributed by atoms with E-state index < -0.39 is 0 Å². The Morgan fingerprint density at radius 1 is 1.46 bits per heavy atom. The van der Waals surface area contributed by atoms with Crippen LogP contribution in [0.5, 0.6) is 0 Å². The fourth-order valence-corrected chi connectivity index (χ4v) is 1.09. The predicted octanol–water partition coefficient (Wildman–Crippen LogP) is 0.553. The number of halogens is 1. The van der Waals surface area contributed by atoms with E-state index in [9.17, 15) is 0 Å². The number of hydrazine groups is 1. The topological polar surface area (TPSA) is 78.5 Å². The second kappa shape index (κ2) is 3.15. The first-order valence-electron chi connectivity index (χ1n) is 3.60. The van der Waals surface area contributed by atoms with E-state index in [1.54, 1.807) is 13.2 Å². The van der Waals surface area contributed by atoms with Crippen molar-refractivity contribution in [2.24, 2.45) is 0 Å². The van der Waals surface area contributed by atoms with Crippen LogP contribution >= 0.6 is 11.6 Å². The Bertz CT molecular complexity index is 424. The van der Waals surface area contributed by atoms with Gasteiger partial charge in [0.25, 0.3) is 0 Å². The molecule has 0 fully saturated rings. The quantitative estimate of drug-likeness (QED) is 0.485. The first-order chi connectivity index (χ1) is 6.29. The van der Waals surface area contributed by atoms with Crippen molar-refractivity contribution in [1.82, 2.24) is 25.4 Å². The third-order valence-corrected chi connectivity index (χ3v) is 1.64. The van der Waals surface area contributed by atoms with Crippen LogP contribution in [0.2, 0.25) is 5.28 Å². The van der Waals surface area contributed by atoms with E-state index in [-0.39, 0.29) is 5.28 Å². The molecule has 2 heterocycles. The first-order valence-corrected chi connectivity index (χ1v) is 3.98. The molecule has 0 bridgehead atoms. The Labute approximate surface area is 78.7 Å². The molecular formula is C6H7ClN6. The lowest BCUT2D eigenvalue weighted by Gasteiger charge is -1.95. The minimum Gasteiger partial charge on any atom is -0.320 e. The monoisotopic (exact) mass is 198 g/mol. The molecule has 2 rings (SSSR count). The average molecular weight is 199 g/mol. The van der Waals surface area contributed by atoms with E-state index in [0.29, 0.717) is 11.6 Å². The first kappa shape index (κ1) is 8.21. The molecule has 0 aromatic carbocycles. The molecule has 0 aliphatic carbocycles. The van der Waals surface area contributed by atoms with Crippen molar-refractivity contribution in [3.05, 3.63) is 11.5 Å². The van der Waals surface area contributed by atoms with Crippen molar-refractivity contribution in [3.63, 3.8) is 0 Å². The Morgan fingerprint density at radius 2 is 2.31 bits per heavy atom. The fraction of sp³-hybridized carbons (Fsp3) is 0.167. The number of rotatable bonds is 2. The van der Waals surface area contributed by atoms with Gasteiger partial charge in [-0.15, -0.1) is 0 Å². The van der Waals surface area contributed by atoms with Gasteiger partial charge in [-0.2, -0.15) is 9.97 Å². The van der Waals surface area contributed by atoms with Gasteiger partial charge >= 0.3 is 0 Å². The molecule has 2 aromatic heterocycles. The molecule has 0 saturated heterocycles. The summed E-state index contributed by atoms with van der Waals surface area (Å²) in [4.78, 5) is 14.8. The highest BCUT2D eigenvalue weighted by Gasteiger charge is 2.03. The van der Waals surface area contributed by atoms with Gasteiger partial charge in [0, 0.05) is 7.05 Å². The highest BCUT2D eigenvalue weighted by Crippen LogP contribution is 2.11. The fourth-order valence-electron chi connectivity index (χ4n) is 0.964. The zero-order chi connectivity index (χ0) is 9.26. The van der Waals surface area contributed by atoms with Gasteiger partial charge in [-0.25, -0.2) is 10.4 Å². The number of hydrogen-bond donors (Lipinski definition) is 3. The molecule has 0 unspecified atom stereocenters. The molecule has 0 saturated carbocycles. The SMILES string of the molecule is CNNc1nc2nc(Cl)ncc2[nH]1. The number of nitrogens with one attached hydrogen (secondary N) is 3. The molecule has 7 heteroatoms. The molecule has 6 nitrogen and oxygen atoms in total. The summed E-state index contributed by atoms with van der Waals surface area (Å²) in [6, 6.07) is 0. The lowest BCUT2D eigenvalue weighted by molar-refractivity contribution is 0.955. The molecule has 2 aromatic rings. The van der Waals surface area contributed by atoms with E-state index in [1.807, 2.05) is 0 Å². The summed E-state index contributed by atoms with van der Waals surface area (Å²) in [5.74, 6) is 0.578. The van der Waals surface area contributed by atoms with Crippen LogP contribution < -0.4 is 10.9 Å². The van der Waals surface area contributed by atoms with Crippen molar-refractivity contribution in [2.75, 3.05) is 12.5 Å². The van der Waals surface area contributed by atoms with Crippen LogP contribution in [0.15, 0.2) is 6.20 Å². The summed E-state index contributed by atoms with van der Waals surface area (Å²) in [5, 5.41) is 0.190.